The van der Waals surface area contributed by atoms with Crippen molar-refractivity contribution < 1.29 is 23.8 Å². The summed E-state index contributed by atoms with van der Waals surface area (Å²) in [5.41, 5.74) is 1.28. The molecule has 1 aromatic carbocycles. The van der Waals surface area contributed by atoms with Crippen LogP contribution in [0.25, 0.3) is 6.08 Å². The van der Waals surface area contributed by atoms with Crippen LogP contribution in [0.3, 0.4) is 0 Å². The molecule has 1 amide bonds. The van der Waals surface area contributed by atoms with Crippen LogP contribution < -0.4 is 10.1 Å². The van der Waals surface area contributed by atoms with Crippen LogP contribution in [0.1, 0.15) is 15.2 Å². The van der Waals surface area contributed by atoms with E-state index in [9.17, 15) is 9.59 Å². The summed E-state index contributed by atoms with van der Waals surface area (Å²) in [4.78, 5) is 23.9. The molecular weight excluding hydrogens is 330 g/mol. The number of hydrogen-bond acceptors (Lipinski definition) is 6. The molecule has 0 aliphatic carbocycles. The van der Waals surface area contributed by atoms with E-state index in [2.05, 4.69) is 10.1 Å². The van der Waals surface area contributed by atoms with E-state index in [0.717, 1.165) is 5.56 Å². The number of hydrogen-bond donors (Lipinski definition) is 1. The molecule has 0 spiro atoms. The Kier molecular flexibility index (Phi) is 6.53. The zero-order valence-electron chi connectivity index (χ0n) is 13.3. The lowest BCUT2D eigenvalue weighted by Gasteiger charge is -2.04. The molecule has 0 radical (unpaired) electrons. The fraction of sp³-hybridized carbons (Fsp3) is 0.176. The Hall–Kier alpha value is -2.64. The summed E-state index contributed by atoms with van der Waals surface area (Å²) in [6, 6.07) is 8.86. The van der Waals surface area contributed by atoms with Gasteiger partial charge in [-0.25, -0.2) is 4.79 Å². The number of thiophene rings is 1. The normalized spacial score (nSPS) is 10.6. The molecule has 2 aromatic rings. The van der Waals surface area contributed by atoms with Crippen molar-refractivity contribution in [2.24, 2.45) is 0 Å². The second-order valence-electron chi connectivity index (χ2n) is 4.60. The molecule has 1 aromatic heterocycles. The van der Waals surface area contributed by atoms with Gasteiger partial charge in [-0.1, -0.05) is 12.1 Å². The van der Waals surface area contributed by atoms with Crippen molar-refractivity contribution in [3.8, 4) is 5.75 Å². The van der Waals surface area contributed by atoms with Gasteiger partial charge in [0.15, 0.2) is 6.79 Å². The van der Waals surface area contributed by atoms with Crippen LogP contribution in [0, 0.1) is 0 Å². The van der Waals surface area contributed by atoms with Crippen molar-refractivity contribution in [1.29, 1.82) is 0 Å². The summed E-state index contributed by atoms with van der Waals surface area (Å²) < 4.78 is 14.8. The Bertz CT molecular complexity index is 721. The molecular formula is C17H17NO5S. The number of amides is 1. The third-order valence-electron chi connectivity index (χ3n) is 2.94. The molecule has 24 heavy (non-hydrogen) atoms. The molecule has 2 rings (SSSR count). The second kappa shape index (κ2) is 8.85. The Morgan fingerprint density at radius 1 is 1.17 bits per heavy atom. The summed E-state index contributed by atoms with van der Waals surface area (Å²) in [5.74, 6) is -0.131. The van der Waals surface area contributed by atoms with Gasteiger partial charge in [-0.3, -0.25) is 4.79 Å². The van der Waals surface area contributed by atoms with Crippen LogP contribution in [-0.2, 0) is 14.3 Å². The zero-order valence-corrected chi connectivity index (χ0v) is 14.1. The van der Waals surface area contributed by atoms with E-state index in [4.69, 9.17) is 9.47 Å². The minimum Gasteiger partial charge on any atom is -0.468 e. The maximum Gasteiger partial charge on any atom is 0.350 e. The fourth-order valence-electron chi connectivity index (χ4n) is 1.81. The van der Waals surface area contributed by atoms with Crippen molar-refractivity contribution in [3.63, 3.8) is 0 Å². The van der Waals surface area contributed by atoms with Crippen molar-refractivity contribution in [2.75, 3.05) is 26.3 Å². The van der Waals surface area contributed by atoms with Gasteiger partial charge >= 0.3 is 5.97 Å². The Labute approximate surface area is 143 Å². The summed E-state index contributed by atoms with van der Waals surface area (Å²) in [5, 5.41) is 4.37. The molecule has 0 unspecified atom stereocenters. The number of nitrogens with one attached hydrogen (secondary N) is 1. The van der Waals surface area contributed by atoms with Crippen LogP contribution in [0.5, 0.6) is 5.75 Å². The van der Waals surface area contributed by atoms with E-state index in [1.807, 2.05) is 12.1 Å². The van der Waals surface area contributed by atoms with Gasteiger partial charge < -0.3 is 19.5 Å². The first-order chi connectivity index (χ1) is 11.6. The average molecular weight is 347 g/mol. The SMILES string of the molecule is COCOc1ccc(/C=C/C(=O)Nc2ccsc2C(=O)OC)cc1. The predicted octanol–water partition coefficient (Wildman–Crippen LogP) is 3.17. The third-order valence-corrected chi connectivity index (χ3v) is 3.84. The molecule has 7 heteroatoms. The van der Waals surface area contributed by atoms with Crippen LogP contribution in [0.4, 0.5) is 5.69 Å². The van der Waals surface area contributed by atoms with Crippen molar-refractivity contribution in [1.82, 2.24) is 0 Å². The number of rotatable bonds is 7. The lowest BCUT2D eigenvalue weighted by atomic mass is 10.2. The number of benzene rings is 1. The van der Waals surface area contributed by atoms with Crippen molar-refractivity contribution >= 4 is 35.0 Å². The molecule has 0 bridgehead atoms. The van der Waals surface area contributed by atoms with E-state index >= 15 is 0 Å². The molecule has 126 valence electrons. The number of carbonyl (C=O) groups excluding carboxylic acids is 2. The van der Waals surface area contributed by atoms with Crippen LogP contribution in [-0.4, -0.2) is 32.9 Å². The number of esters is 1. The average Bonchev–Trinajstić information content (AvgIpc) is 3.06. The molecule has 0 saturated carbocycles. The summed E-state index contributed by atoms with van der Waals surface area (Å²) in [7, 11) is 2.85. The molecule has 1 heterocycles. The van der Waals surface area contributed by atoms with Crippen molar-refractivity contribution in [3.05, 3.63) is 52.2 Å². The van der Waals surface area contributed by atoms with Gasteiger partial charge in [-0.2, -0.15) is 0 Å². The quantitative estimate of drug-likeness (QED) is 0.473. The third kappa shape index (κ3) is 4.94. The van der Waals surface area contributed by atoms with Crippen LogP contribution >= 0.6 is 11.3 Å². The van der Waals surface area contributed by atoms with E-state index in [0.29, 0.717) is 16.3 Å². The molecule has 6 nitrogen and oxygen atoms in total. The molecule has 0 aliphatic rings. The Morgan fingerprint density at radius 2 is 1.92 bits per heavy atom. The van der Waals surface area contributed by atoms with Gasteiger partial charge in [0.25, 0.3) is 0 Å². The Morgan fingerprint density at radius 3 is 2.58 bits per heavy atom. The lowest BCUT2D eigenvalue weighted by Crippen LogP contribution is -2.10. The number of ether oxygens (including phenoxy) is 3. The van der Waals surface area contributed by atoms with Crippen LogP contribution in [0.2, 0.25) is 0 Å². The van der Waals surface area contributed by atoms with E-state index in [-0.39, 0.29) is 12.7 Å². The largest absolute Gasteiger partial charge is 0.468 e. The summed E-state index contributed by atoms with van der Waals surface area (Å²) in [6.45, 7) is 0.181. The minimum absolute atomic E-state index is 0.181. The number of anilines is 1. The number of carbonyl (C=O) groups is 2. The number of methoxy groups -OCH3 is 2. The lowest BCUT2D eigenvalue weighted by molar-refractivity contribution is -0.111. The standard InChI is InChI=1S/C17H17NO5S/c1-21-11-23-13-6-3-12(4-7-13)5-8-15(19)18-14-9-10-24-16(14)17(20)22-2/h3-10H,11H2,1-2H3,(H,18,19)/b8-5+. The first-order valence-electron chi connectivity index (χ1n) is 7.00. The second-order valence-corrected chi connectivity index (χ2v) is 5.51. The predicted molar refractivity (Wildman–Crippen MR) is 92.3 cm³/mol. The highest BCUT2D eigenvalue weighted by atomic mass is 32.1. The van der Waals surface area contributed by atoms with Gasteiger partial charge in [-0.05, 0) is 35.2 Å². The van der Waals surface area contributed by atoms with Gasteiger partial charge in [0.05, 0.1) is 12.8 Å². The van der Waals surface area contributed by atoms with Gasteiger partial charge in [-0.15, -0.1) is 11.3 Å². The summed E-state index contributed by atoms with van der Waals surface area (Å²) in [6.07, 6.45) is 3.06. The first kappa shape index (κ1) is 17.7. The maximum absolute atomic E-state index is 12.0. The highest BCUT2D eigenvalue weighted by molar-refractivity contribution is 7.12. The van der Waals surface area contributed by atoms with E-state index < -0.39 is 5.97 Å². The first-order valence-corrected chi connectivity index (χ1v) is 7.88. The topological polar surface area (TPSA) is 73.9 Å². The van der Waals surface area contributed by atoms with E-state index in [1.165, 1.54) is 24.5 Å². The maximum atomic E-state index is 12.0. The smallest absolute Gasteiger partial charge is 0.350 e. The van der Waals surface area contributed by atoms with Gasteiger partial charge in [0, 0.05) is 13.2 Å². The highest BCUT2D eigenvalue weighted by Crippen LogP contribution is 2.23. The zero-order chi connectivity index (χ0) is 17.4. The monoisotopic (exact) mass is 347 g/mol. The fourth-order valence-corrected chi connectivity index (χ4v) is 2.57. The Balaban J connectivity index is 1.96. The molecule has 0 fully saturated rings. The van der Waals surface area contributed by atoms with Crippen LogP contribution in [0.15, 0.2) is 41.8 Å². The highest BCUT2D eigenvalue weighted by Gasteiger charge is 2.14. The molecule has 1 N–H and O–H groups in total. The molecule has 0 saturated heterocycles. The van der Waals surface area contributed by atoms with Gasteiger partial charge in [0.1, 0.15) is 10.6 Å². The molecule has 0 atom stereocenters. The summed E-state index contributed by atoms with van der Waals surface area (Å²) >= 11 is 1.21. The minimum atomic E-state index is -0.476. The van der Waals surface area contributed by atoms with E-state index in [1.54, 1.807) is 36.8 Å². The van der Waals surface area contributed by atoms with Gasteiger partial charge in [0.2, 0.25) is 5.91 Å². The van der Waals surface area contributed by atoms with Crippen molar-refractivity contribution in [2.45, 2.75) is 0 Å². The molecule has 0 aliphatic heterocycles.